The van der Waals surface area contributed by atoms with Gasteiger partial charge < -0.3 is 9.47 Å². The summed E-state index contributed by atoms with van der Waals surface area (Å²) in [5.74, 6) is -0.554. The van der Waals surface area contributed by atoms with Gasteiger partial charge in [0.2, 0.25) is 0 Å². The molecule has 5 heteroatoms. The standard InChI is InChI=1S/C28H44O5/c1-19(2)10-9-13-26(7)22(17-33-18-32-8)16-27(14-11-20(3)4)23(29)12-15-28(26,25(27)31)24(30)21(5)6/h10-11,21-22H,9,12-18H2,1-8H3/t22-,26-,27-,28-/m0/s1. The summed E-state index contributed by atoms with van der Waals surface area (Å²) < 4.78 is 11.0. The molecule has 0 aromatic carbocycles. The second-order valence-corrected chi connectivity index (χ2v) is 11.2. The summed E-state index contributed by atoms with van der Waals surface area (Å²) in [6, 6.07) is 0. The number of carbonyl (C=O) groups is 3. The van der Waals surface area contributed by atoms with Crippen molar-refractivity contribution in [3.63, 3.8) is 0 Å². The summed E-state index contributed by atoms with van der Waals surface area (Å²) in [6.07, 6.45) is 7.04. The Balaban J connectivity index is 2.72. The summed E-state index contributed by atoms with van der Waals surface area (Å²) >= 11 is 0. The molecule has 0 spiro atoms. The van der Waals surface area contributed by atoms with E-state index in [1.807, 2.05) is 33.8 Å². The zero-order valence-corrected chi connectivity index (χ0v) is 22.0. The molecule has 2 aliphatic carbocycles. The molecule has 5 nitrogen and oxygen atoms in total. The zero-order valence-electron chi connectivity index (χ0n) is 22.0. The van der Waals surface area contributed by atoms with E-state index in [4.69, 9.17) is 9.47 Å². The smallest absolute Gasteiger partial charge is 0.160 e. The maximum Gasteiger partial charge on any atom is 0.160 e. The number of rotatable bonds is 11. The molecule has 186 valence electrons. The fourth-order valence-electron chi connectivity index (χ4n) is 6.21. The van der Waals surface area contributed by atoms with Gasteiger partial charge in [0.15, 0.2) is 5.78 Å². The van der Waals surface area contributed by atoms with Gasteiger partial charge in [-0.05, 0) is 71.1 Å². The predicted octanol–water partition coefficient (Wildman–Crippen LogP) is 5.87. The van der Waals surface area contributed by atoms with E-state index < -0.39 is 16.2 Å². The average Bonchev–Trinajstić information content (AvgIpc) is 2.73. The summed E-state index contributed by atoms with van der Waals surface area (Å²) in [7, 11) is 1.58. The minimum atomic E-state index is -1.17. The number of fused-ring (bicyclic) bond motifs is 2. The number of ketones is 3. The minimum absolute atomic E-state index is 0.0136. The Morgan fingerprint density at radius 3 is 2.30 bits per heavy atom. The molecule has 4 atom stereocenters. The fourth-order valence-corrected chi connectivity index (χ4v) is 6.21. The van der Waals surface area contributed by atoms with E-state index in [2.05, 4.69) is 26.8 Å². The number of hydrogen-bond donors (Lipinski definition) is 0. The third kappa shape index (κ3) is 4.95. The van der Waals surface area contributed by atoms with Crippen molar-refractivity contribution < 1.29 is 23.9 Å². The number of carbonyl (C=O) groups excluding carboxylic acids is 3. The zero-order chi connectivity index (χ0) is 25.0. The lowest BCUT2D eigenvalue weighted by Gasteiger charge is -2.62. The van der Waals surface area contributed by atoms with Gasteiger partial charge in [-0.15, -0.1) is 0 Å². The summed E-state index contributed by atoms with van der Waals surface area (Å²) in [4.78, 5) is 41.9. The average molecular weight is 461 g/mol. The van der Waals surface area contributed by atoms with Crippen LogP contribution in [0.25, 0.3) is 0 Å². The molecule has 2 aliphatic rings. The molecule has 33 heavy (non-hydrogen) atoms. The Kier molecular flexibility index (Phi) is 9.03. The number of ether oxygens (including phenoxy) is 2. The highest BCUT2D eigenvalue weighted by atomic mass is 16.7. The molecule has 0 unspecified atom stereocenters. The lowest BCUT2D eigenvalue weighted by Crippen LogP contribution is -2.69. The van der Waals surface area contributed by atoms with E-state index in [0.717, 1.165) is 12.0 Å². The van der Waals surface area contributed by atoms with Gasteiger partial charge in [0.25, 0.3) is 0 Å². The van der Waals surface area contributed by atoms with E-state index in [9.17, 15) is 14.4 Å². The molecule has 0 heterocycles. The van der Waals surface area contributed by atoms with E-state index in [0.29, 0.717) is 32.3 Å². The van der Waals surface area contributed by atoms with Gasteiger partial charge >= 0.3 is 0 Å². The van der Waals surface area contributed by atoms with Crippen LogP contribution >= 0.6 is 0 Å². The molecule has 2 saturated carbocycles. The van der Waals surface area contributed by atoms with Crippen LogP contribution in [0.4, 0.5) is 0 Å². The van der Waals surface area contributed by atoms with Crippen LogP contribution in [0.15, 0.2) is 23.3 Å². The van der Waals surface area contributed by atoms with E-state index in [1.54, 1.807) is 7.11 Å². The van der Waals surface area contributed by atoms with Crippen LogP contribution in [0.5, 0.6) is 0 Å². The topological polar surface area (TPSA) is 69.7 Å². The van der Waals surface area contributed by atoms with Gasteiger partial charge in [-0.2, -0.15) is 0 Å². The monoisotopic (exact) mass is 460 g/mol. The number of hydrogen-bond acceptors (Lipinski definition) is 5. The molecular formula is C28H44O5. The normalized spacial score (nSPS) is 31.5. The Bertz CT molecular complexity index is 814. The molecule has 0 radical (unpaired) electrons. The van der Waals surface area contributed by atoms with Crippen molar-refractivity contribution in [3.05, 3.63) is 23.3 Å². The molecule has 0 saturated heterocycles. The molecule has 2 rings (SSSR count). The molecule has 0 N–H and O–H groups in total. The van der Waals surface area contributed by atoms with Gasteiger partial charge in [0, 0.05) is 19.4 Å². The van der Waals surface area contributed by atoms with Crippen molar-refractivity contribution in [3.8, 4) is 0 Å². The second kappa shape index (κ2) is 10.8. The Morgan fingerprint density at radius 2 is 1.76 bits per heavy atom. The third-order valence-corrected chi connectivity index (χ3v) is 8.09. The number of allylic oxidation sites excluding steroid dienone is 4. The molecular weight excluding hydrogens is 416 g/mol. The van der Waals surface area contributed by atoms with Crippen LogP contribution in [0.2, 0.25) is 0 Å². The predicted molar refractivity (Wildman–Crippen MR) is 131 cm³/mol. The van der Waals surface area contributed by atoms with Crippen LogP contribution < -0.4 is 0 Å². The lowest BCUT2D eigenvalue weighted by atomic mass is 9.38. The first kappa shape index (κ1) is 27.7. The maximum absolute atomic E-state index is 14.5. The summed E-state index contributed by atoms with van der Waals surface area (Å²) in [6.45, 7) is 14.4. The van der Waals surface area contributed by atoms with Gasteiger partial charge in [0.1, 0.15) is 18.4 Å². The van der Waals surface area contributed by atoms with Crippen molar-refractivity contribution in [2.45, 2.75) is 87.0 Å². The largest absolute Gasteiger partial charge is 0.359 e. The first-order chi connectivity index (χ1) is 15.4. The summed E-state index contributed by atoms with van der Waals surface area (Å²) in [5.41, 5.74) is -0.619. The van der Waals surface area contributed by atoms with Crippen molar-refractivity contribution in [1.29, 1.82) is 0 Å². The van der Waals surface area contributed by atoms with Crippen LogP contribution in [0.1, 0.15) is 87.0 Å². The maximum atomic E-state index is 14.5. The fraction of sp³-hybridized carbons (Fsp3) is 0.750. The molecule has 2 bridgehead atoms. The quantitative estimate of drug-likeness (QED) is 0.167. The third-order valence-electron chi connectivity index (χ3n) is 8.09. The highest BCUT2D eigenvalue weighted by molar-refractivity contribution is 6.21. The highest BCUT2D eigenvalue weighted by Gasteiger charge is 2.72. The van der Waals surface area contributed by atoms with Gasteiger partial charge in [0.05, 0.1) is 17.4 Å². The van der Waals surface area contributed by atoms with Crippen molar-refractivity contribution in [2.75, 3.05) is 20.5 Å². The van der Waals surface area contributed by atoms with Gasteiger partial charge in [-0.3, -0.25) is 14.4 Å². The van der Waals surface area contributed by atoms with Crippen molar-refractivity contribution in [2.24, 2.45) is 28.1 Å². The van der Waals surface area contributed by atoms with Crippen LogP contribution in [0, 0.1) is 28.1 Å². The molecule has 0 aromatic rings. The van der Waals surface area contributed by atoms with E-state index in [1.165, 1.54) is 5.57 Å². The number of Topliss-reactive ketones (excluding diaryl/α,β-unsaturated/α-hetero) is 3. The lowest BCUT2D eigenvalue weighted by molar-refractivity contribution is -0.190. The van der Waals surface area contributed by atoms with E-state index >= 15 is 0 Å². The molecule has 0 aliphatic heterocycles. The first-order valence-corrected chi connectivity index (χ1v) is 12.3. The molecule has 2 fully saturated rings. The Morgan fingerprint density at radius 1 is 1.12 bits per heavy atom. The Labute approximate surface area is 200 Å². The van der Waals surface area contributed by atoms with Crippen LogP contribution in [-0.2, 0) is 23.9 Å². The highest BCUT2D eigenvalue weighted by Crippen LogP contribution is 2.66. The first-order valence-electron chi connectivity index (χ1n) is 12.3. The Hall–Kier alpha value is -1.59. The molecule has 0 aromatic heterocycles. The summed E-state index contributed by atoms with van der Waals surface area (Å²) in [5, 5.41) is 0. The minimum Gasteiger partial charge on any atom is -0.359 e. The van der Waals surface area contributed by atoms with E-state index in [-0.39, 0.29) is 42.4 Å². The van der Waals surface area contributed by atoms with Gasteiger partial charge in [-0.25, -0.2) is 0 Å². The SMILES string of the molecule is COCOC[C@@H]1C[C@@]2(CC=C(C)C)C(=O)CC[C@](C(=O)C(C)C)(C2=O)[C@@]1(C)CCC=C(C)C. The second-order valence-electron chi connectivity index (χ2n) is 11.2. The molecule has 0 amide bonds. The number of methoxy groups -OCH3 is 1. The van der Waals surface area contributed by atoms with Crippen LogP contribution in [0.3, 0.4) is 0 Å². The van der Waals surface area contributed by atoms with Crippen LogP contribution in [-0.4, -0.2) is 37.9 Å². The van der Waals surface area contributed by atoms with Crippen molar-refractivity contribution >= 4 is 17.3 Å². The van der Waals surface area contributed by atoms with Gasteiger partial charge in [-0.1, -0.05) is 44.1 Å². The van der Waals surface area contributed by atoms with Crippen molar-refractivity contribution in [1.82, 2.24) is 0 Å².